The van der Waals surface area contributed by atoms with Crippen LogP contribution < -0.4 is 31.7 Å². The first-order chi connectivity index (χ1) is 18.4. The van der Waals surface area contributed by atoms with Crippen LogP contribution in [-0.4, -0.2) is 30.9 Å². The molecule has 8 heteroatoms. The monoisotopic (exact) mass is 526 g/mol. The average molecular weight is 527 g/mol. The average Bonchev–Trinajstić information content (AvgIpc) is 2.97. The summed E-state index contributed by atoms with van der Waals surface area (Å²) in [5.74, 6) is 1.71. The Balaban J connectivity index is 1.30. The highest BCUT2D eigenvalue weighted by atomic mass is 31.2. The highest BCUT2D eigenvalue weighted by molar-refractivity contribution is 7.91. The van der Waals surface area contributed by atoms with E-state index < -0.39 is 13.7 Å². The van der Waals surface area contributed by atoms with Crippen molar-refractivity contribution in [2.75, 3.05) is 14.1 Å². The summed E-state index contributed by atoms with van der Waals surface area (Å²) in [7, 11) is 0.549. The maximum atomic E-state index is 16.9. The summed E-state index contributed by atoms with van der Waals surface area (Å²) < 4.78 is 22.9. The van der Waals surface area contributed by atoms with Gasteiger partial charge in [-0.1, -0.05) is 60.7 Å². The first-order valence-electron chi connectivity index (χ1n) is 12.3. The molecule has 3 N–H and O–H groups in total. The predicted molar refractivity (Wildman–Crippen MR) is 156 cm³/mol. The fourth-order valence-electron chi connectivity index (χ4n) is 4.25. The lowest BCUT2D eigenvalue weighted by Gasteiger charge is -2.23. The topological polar surface area (TPSA) is 75.2 Å². The van der Waals surface area contributed by atoms with Crippen LogP contribution in [0.5, 0.6) is 5.75 Å². The second kappa shape index (κ2) is 11.0. The van der Waals surface area contributed by atoms with Gasteiger partial charge in [-0.15, -0.1) is 0 Å². The lowest BCUT2D eigenvalue weighted by atomic mass is 10.1. The van der Waals surface area contributed by atoms with Crippen LogP contribution in [0.1, 0.15) is 17.3 Å². The van der Waals surface area contributed by atoms with E-state index in [4.69, 9.17) is 10.5 Å². The van der Waals surface area contributed by atoms with Gasteiger partial charge >= 0.3 is 0 Å². The number of guanidine groups is 2. The molecule has 0 fully saturated rings. The third-order valence-corrected chi connectivity index (χ3v) is 9.30. The molecular formula is C30H30FN5OP+. The van der Waals surface area contributed by atoms with Gasteiger partial charge in [0.15, 0.2) is 12.1 Å². The summed E-state index contributed by atoms with van der Waals surface area (Å²) in [4.78, 5) is 10.8. The van der Waals surface area contributed by atoms with Crippen molar-refractivity contribution in [2.24, 2.45) is 15.7 Å². The standard InChI is InChI=1S/C30H30FN5OP/c1-36(2)30-34-28(33-29(32)35-30)23-15-17-24(18-16-23)37-21-22-13-19-27(20-14-22)38(31,25-9-5-3-6-10-25)26-11-7-4-8-12-26/h3-20,28H,21H2,1-2H3,(H3,32,33,34,35)/q+1. The Morgan fingerprint density at radius 2 is 1.34 bits per heavy atom. The van der Waals surface area contributed by atoms with Gasteiger partial charge in [0.2, 0.25) is 5.96 Å². The number of nitrogens with one attached hydrogen (secondary N) is 1. The molecule has 0 saturated carbocycles. The third-order valence-electron chi connectivity index (χ3n) is 6.27. The third kappa shape index (κ3) is 5.38. The Kier molecular flexibility index (Phi) is 7.38. The molecule has 0 radical (unpaired) electrons. The summed E-state index contributed by atoms with van der Waals surface area (Å²) in [5, 5.41) is 5.05. The van der Waals surface area contributed by atoms with Crippen LogP contribution in [0.2, 0.25) is 0 Å². The summed E-state index contributed by atoms with van der Waals surface area (Å²) >= 11 is 0. The summed E-state index contributed by atoms with van der Waals surface area (Å²) in [6, 6.07) is 34.2. The minimum atomic E-state index is -3.24. The van der Waals surface area contributed by atoms with Crippen LogP contribution >= 0.6 is 7.57 Å². The smallest absolute Gasteiger partial charge is 0.298 e. The van der Waals surface area contributed by atoms with Crippen LogP contribution in [-0.2, 0) is 6.61 Å². The Hall–Kier alpha value is -4.22. The van der Waals surface area contributed by atoms with Gasteiger partial charge in [-0.2, -0.15) is 0 Å². The Morgan fingerprint density at radius 3 is 1.89 bits per heavy atom. The van der Waals surface area contributed by atoms with E-state index in [0.29, 0.717) is 34.4 Å². The summed E-state index contributed by atoms with van der Waals surface area (Å²) in [6.07, 6.45) is -0.409. The molecule has 0 saturated heterocycles. The number of nitrogens with two attached hydrogens (primary N) is 1. The molecular weight excluding hydrogens is 496 g/mol. The van der Waals surface area contributed by atoms with Crippen molar-refractivity contribution in [1.29, 1.82) is 0 Å². The molecule has 0 bridgehead atoms. The van der Waals surface area contributed by atoms with E-state index >= 15 is 4.20 Å². The predicted octanol–water partition coefficient (Wildman–Crippen LogP) is 4.28. The van der Waals surface area contributed by atoms with E-state index in [2.05, 4.69) is 15.3 Å². The normalized spacial score (nSPS) is 15.2. The van der Waals surface area contributed by atoms with Crippen molar-refractivity contribution in [1.82, 2.24) is 10.2 Å². The lowest BCUT2D eigenvalue weighted by molar-refractivity contribution is 0.306. The molecule has 6 nitrogen and oxygen atoms in total. The molecule has 38 heavy (non-hydrogen) atoms. The van der Waals surface area contributed by atoms with E-state index in [9.17, 15) is 0 Å². The molecule has 192 valence electrons. The maximum Gasteiger partial charge on any atom is 0.298 e. The number of ether oxygens (including phenoxy) is 1. The van der Waals surface area contributed by atoms with Crippen molar-refractivity contribution in [3.63, 3.8) is 0 Å². The first kappa shape index (κ1) is 25.4. The van der Waals surface area contributed by atoms with E-state index in [1.807, 2.05) is 128 Å². The van der Waals surface area contributed by atoms with Crippen molar-refractivity contribution < 1.29 is 8.93 Å². The van der Waals surface area contributed by atoms with E-state index in [-0.39, 0.29) is 0 Å². The first-order valence-corrected chi connectivity index (χ1v) is 14.0. The molecule has 5 rings (SSSR count). The van der Waals surface area contributed by atoms with Crippen molar-refractivity contribution >= 4 is 35.4 Å². The Bertz CT molecular complexity index is 1390. The zero-order valence-corrected chi connectivity index (χ0v) is 22.2. The van der Waals surface area contributed by atoms with Gasteiger partial charge in [0.25, 0.3) is 7.57 Å². The van der Waals surface area contributed by atoms with Crippen molar-refractivity contribution in [2.45, 2.75) is 12.8 Å². The minimum absolute atomic E-state index is 0.330. The fourth-order valence-corrected chi connectivity index (χ4v) is 6.87. The Morgan fingerprint density at radius 1 is 0.789 bits per heavy atom. The van der Waals surface area contributed by atoms with E-state index in [1.165, 1.54) is 0 Å². The fraction of sp³-hybridized carbons (Fsp3) is 0.133. The summed E-state index contributed by atoms with van der Waals surface area (Å²) in [6.45, 7) is 0.370. The highest BCUT2D eigenvalue weighted by Gasteiger charge is 2.47. The molecule has 4 aromatic rings. The van der Waals surface area contributed by atoms with Crippen molar-refractivity contribution in [3.8, 4) is 5.75 Å². The minimum Gasteiger partial charge on any atom is -0.489 e. The largest absolute Gasteiger partial charge is 0.489 e. The molecule has 1 unspecified atom stereocenters. The van der Waals surface area contributed by atoms with Crippen LogP contribution in [0.25, 0.3) is 0 Å². The van der Waals surface area contributed by atoms with Gasteiger partial charge < -0.3 is 15.4 Å². The maximum absolute atomic E-state index is 16.9. The van der Waals surface area contributed by atoms with Gasteiger partial charge in [0.1, 0.15) is 28.3 Å². The number of rotatable bonds is 7. The molecule has 0 aromatic heterocycles. The van der Waals surface area contributed by atoms with E-state index in [1.54, 1.807) is 0 Å². The molecule has 1 aliphatic heterocycles. The molecule has 1 aliphatic rings. The second-order valence-corrected chi connectivity index (χ2v) is 11.9. The highest BCUT2D eigenvalue weighted by Crippen LogP contribution is 2.56. The molecule has 1 atom stereocenters. The van der Waals surface area contributed by atoms with Gasteiger partial charge in [0.05, 0.1) is 0 Å². The number of halogens is 1. The molecule has 4 aromatic carbocycles. The van der Waals surface area contributed by atoms with Gasteiger partial charge in [0, 0.05) is 14.1 Å². The zero-order chi connectivity index (χ0) is 26.5. The summed E-state index contributed by atoms with van der Waals surface area (Å²) in [5.41, 5.74) is 7.79. The number of nitrogens with zero attached hydrogens (tertiary/aromatic N) is 3. The number of hydrogen-bond donors (Lipinski definition) is 2. The molecule has 0 spiro atoms. The van der Waals surface area contributed by atoms with Crippen LogP contribution in [0.3, 0.4) is 0 Å². The second-order valence-electron chi connectivity index (χ2n) is 9.14. The zero-order valence-electron chi connectivity index (χ0n) is 21.3. The van der Waals surface area contributed by atoms with Crippen LogP contribution in [0.15, 0.2) is 119 Å². The lowest BCUT2D eigenvalue weighted by Crippen LogP contribution is -2.46. The quantitative estimate of drug-likeness (QED) is 0.353. The van der Waals surface area contributed by atoms with Gasteiger partial charge in [-0.25, -0.2) is 9.98 Å². The van der Waals surface area contributed by atoms with E-state index in [0.717, 1.165) is 16.9 Å². The number of hydrogen-bond acceptors (Lipinski definition) is 6. The number of aliphatic imine (C=N–C) groups is 2. The van der Waals surface area contributed by atoms with Crippen molar-refractivity contribution in [3.05, 3.63) is 120 Å². The SMILES string of the molecule is CN(C)C1=NC(c2ccc(OCc3ccc([P+](F)(c4ccccc4)c4ccccc4)cc3)cc2)N=C(N)N1. The van der Waals surface area contributed by atoms with Gasteiger partial charge in [-0.05, 0) is 63.9 Å². The molecule has 1 heterocycles. The molecule has 0 aliphatic carbocycles. The Labute approximate surface area is 223 Å². The number of benzene rings is 4. The van der Waals surface area contributed by atoms with Crippen LogP contribution in [0.4, 0.5) is 4.20 Å². The van der Waals surface area contributed by atoms with Gasteiger partial charge in [-0.3, -0.25) is 5.32 Å². The molecule has 0 amide bonds. The van der Waals surface area contributed by atoms with Crippen LogP contribution in [0, 0.1) is 0 Å².